The van der Waals surface area contributed by atoms with E-state index in [1.54, 1.807) is 18.2 Å². The van der Waals surface area contributed by atoms with Gasteiger partial charge in [-0.2, -0.15) is 8.78 Å². The van der Waals surface area contributed by atoms with Crippen molar-refractivity contribution in [3.8, 4) is 5.75 Å². The van der Waals surface area contributed by atoms with E-state index >= 15 is 0 Å². The van der Waals surface area contributed by atoms with E-state index in [2.05, 4.69) is 10.1 Å². The number of amides is 1. The Morgan fingerprint density at radius 2 is 2.10 bits per heavy atom. The van der Waals surface area contributed by atoms with Crippen LogP contribution in [-0.4, -0.2) is 44.6 Å². The monoisotopic (exact) mass is 298 g/mol. The lowest BCUT2D eigenvalue weighted by atomic mass is 10.2. The van der Waals surface area contributed by atoms with E-state index in [1.165, 1.54) is 18.2 Å². The summed E-state index contributed by atoms with van der Waals surface area (Å²) >= 11 is 0. The lowest BCUT2D eigenvalue weighted by Gasteiger charge is -2.09. The first-order valence-corrected chi connectivity index (χ1v) is 6.63. The average molecular weight is 298 g/mol. The molecule has 116 valence electrons. The number of carbonyl (C=O) groups is 1. The predicted octanol–water partition coefficient (Wildman–Crippen LogP) is 2.37. The van der Waals surface area contributed by atoms with E-state index in [0.717, 1.165) is 13.0 Å². The zero-order valence-electron chi connectivity index (χ0n) is 12.2. The smallest absolute Gasteiger partial charge is 0.387 e. The molecule has 0 heterocycles. The van der Waals surface area contributed by atoms with Gasteiger partial charge in [0.05, 0.1) is 0 Å². The summed E-state index contributed by atoms with van der Waals surface area (Å²) in [6.07, 6.45) is 3.61. The van der Waals surface area contributed by atoms with Crippen molar-refractivity contribution in [2.24, 2.45) is 0 Å². The molecule has 1 aromatic rings. The maximum Gasteiger partial charge on any atom is 0.387 e. The van der Waals surface area contributed by atoms with Crippen molar-refractivity contribution >= 4 is 12.0 Å². The fourth-order valence-corrected chi connectivity index (χ4v) is 1.65. The number of carbonyl (C=O) groups excluding carboxylic acids is 1. The maximum absolute atomic E-state index is 12.2. The summed E-state index contributed by atoms with van der Waals surface area (Å²) in [5, 5.41) is 2.73. The van der Waals surface area contributed by atoms with E-state index in [-0.39, 0.29) is 11.7 Å². The van der Waals surface area contributed by atoms with Gasteiger partial charge in [-0.05, 0) is 39.2 Å². The second kappa shape index (κ2) is 9.07. The largest absolute Gasteiger partial charge is 0.434 e. The molecule has 0 aliphatic heterocycles. The summed E-state index contributed by atoms with van der Waals surface area (Å²) in [5.74, 6) is -0.218. The number of halogens is 2. The second-order valence-electron chi connectivity index (χ2n) is 4.70. The summed E-state index contributed by atoms with van der Waals surface area (Å²) in [6.45, 7) is -1.44. The Labute approximate surface area is 123 Å². The molecule has 1 rings (SSSR count). The van der Waals surface area contributed by atoms with Crippen LogP contribution in [-0.2, 0) is 4.79 Å². The molecule has 1 amide bonds. The molecular formula is C15H20F2N2O2. The van der Waals surface area contributed by atoms with Crippen molar-refractivity contribution in [2.45, 2.75) is 13.0 Å². The molecule has 0 aliphatic carbocycles. The van der Waals surface area contributed by atoms with E-state index in [4.69, 9.17) is 0 Å². The van der Waals surface area contributed by atoms with Gasteiger partial charge >= 0.3 is 6.61 Å². The molecule has 4 nitrogen and oxygen atoms in total. The first-order valence-electron chi connectivity index (χ1n) is 6.63. The summed E-state index contributed by atoms with van der Waals surface area (Å²) < 4.78 is 28.9. The van der Waals surface area contributed by atoms with Gasteiger partial charge in [0, 0.05) is 18.2 Å². The van der Waals surface area contributed by atoms with Crippen molar-refractivity contribution in [3.05, 3.63) is 35.9 Å². The zero-order valence-corrected chi connectivity index (χ0v) is 12.2. The highest BCUT2D eigenvalue weighted by atomic mass is 19.3. The quantitative estimate of drug-likeness (QED) is 0.592. The highest BCUT2D eigenvalue weighted by Crippen LogP contribution is 2.21. The molecule has 0 saturated carbocycles. The van der Waals surface area contributed by atoms with Crippen molar-refractivity contribution in [1.82, 2.24) is 10.2 Å². The number of hydrogen-bond acceptors (Lipinski definition) is 3. The molecule has 21 heavy (non-hydrogen) atoms. The third-order valence-electron chi connectivity index (χ3n) is 2.63. The van der Waals surface area contributed by atoms with E-state index in [9.17, 15) is 13.6 Å². The van der Waals surface area contributed by atoms with Gasteiger partial charge in [0.25, 0.3) is 0 Å². The van der Waals surface area contributed by atoms with Crippen LogP contribution in [0.15, 0.2) is 30.3 Å². The second-order valence-corrected chi connectivity index (χ2v) is 4.70. The topological polar surface area (TPSA) is 41.6 Å². The van der Waals surface area contributed by atoms with Crippen LogP contribution in [0.25, 0.3) is 6.08 Å². The van der Waals surface area contributed by atoms with E-state index in [1.807, 2.05) is 19.0 Å². The molecule has 0 saturated heterocycles. The Bertz CT molecular complexity index is 476. The Morgan fingerprint density at radius 1 is 1.38 bits per heavy atom. The molecule has 1 aromatic carbocycles. The van der Waals surface area contributed by atoms with Gasteiger partial charge in [-0.25, -0.2) is 0 Å². The van der Waals surface area contributed by atoms with E-state index in [0.29, 0.717) is 12.1 Å². The van der Waals surface area contributed by atoms with Crippen LogP contribution in [0, 0.1) is 0 Å². The first-order chi connectivity index (χ1) is 9.99. The van der Waals surface area contributed by atoms with Gasteiger partial charge in [-0.15, -0.1) is 0 Å². The Balaban J connectivity index is 2.50. The van der Waals surface area contributed by atoms with Crippen LogP contribution < -0.4 is 10.1 Å². The number of hydrogen-bond donors (Lipinski definition) is 1. The van der Waals surface area contributed by atoms with Crippen LogP contribution in [0.2, 0.25) is 0 Å². The number of ether oxygens (including phenoxy) is 1. The SMILES string of the molecule is CN(C)CCCNC(=O)/C=C/c1ccccc1OC(F)F. The molecule has 1 N–H and O–H groups in total. The summed E-state index contributed by atoms with van der Waals surface area (Å²) in [4.78, 5) is 13.6. The number of benzene rings is 1. The van der Waals surface area contributed by atoms with Gasteiger partial charge in [-0.1, -0.05) is 18.2 Å². The zero-order chi connectivity index (χ0) is 15.7. The molecule has 0 spiro atoms. The van der Waals surface area contributed by atoms with Gasteiger partial charge in [0.2, 0.25) is 5.91 Å². The third kappa shape index (κ3) is 7.41. The number of nitrogens with one attached hydrogen (secondary N) is 1. The van der Waals surface area contributed by atoms with Crippen molar-refractivity contribution < 1.29 is 18.3 Å². The van der Waals surface area contributed by atoms with Crippen LogP contribution in [0.3, 0.4) is 0 Å². The number of para-hydroxylation sites is 1. The third-order valence-corrected chi connectivity index (χ3v) is 2.63. The molecule has 0 aromatic heterocycles. The number of rotatable bonds is 8. The van der Waals surface area contributed by atoms with Crippen molar-refractivity contribution in [1.29, 1.82) is 0 Å². The molecule has 0 bridgehead atoms. The van der Waals surface area contributed by atoms with Crippen LogP contribution in [0.1, 0.15) is 12.0 Å². The molecular weight excluding hydrogens is 278 g/mol. The van der Waals surface area contributed by atoms with Crippen molar-refractivity contribution in [3.63, 3.8) is 0 Å². The van der Waals surface area contributed by atoms with Crippen LogP contribution >= 0.6 is 0 Å². The highest BCUT2D eigenvalue weighted by Gasteiger charge is 2.07. The minimum absolute atomic E-state index is 0.0455. The van der Waals surface area contributed by atoms with Crippen LogP contribution in [0.4, 0.5) is 8.78 Å². The van der Waals surface area contributed by atoms with E-state index < -0.39 is 6.61 Å². The normalized spacial score (nSPS) is 11.3. The lowest BCUT2D eigenvalue weighted by Crippen LogP contribution is -2.25. The molecule has 0 atom stereocenters. The summed E-state index contributed by atoms with van der Waals surface area (Å²) in [5.41, 5.74) is 0.432. The van der Waals surface area contributed by atoms with Gasteiger partial charge in [0.1, 0.15) is 5.75 Å². The lowest BCUT2D eigenvalue weighted by molar-refractivity contribution is -0.116. The minimum atomic E-state index is -2.89. The van der Waals surface area contributed by atoms with Gasteiger partial charge in [0.15, 0.2) is 0 Å². The number of nitrogens with zero attached hydrogens (tertiary/aromatic N) is 1. The van der Waals surface area contributed by atoms with Crippen molar-refractivity contribution in [2.75, 3.05) is 27.2 Å². The molecule has 0 unspecified atom stereocenters. The summed E-state index contributed by atoms with van der Waals surface area (Å²) in [6, 6.07) is 6.32. The Kier molecular flexibility index (Phi) is 7.39. The summed E-state index contributed by atoms with van der Waals surface area (Å²) in [7, 11) is 3.92. The standard InChI is InChI=1S/C15H20F2N2O2/c1-19(2)11-5-10-18-14(20)9-8-12-6-3-4-7-13(12)21-15(16)17/h3-4,6-9,15H,5,10-11H2,1-2H3,(H,18,20)/b9-8+. The molecule has 0 aliphatic rings. The molecule has 0 radical (unpaired) electrons. The Morgan fingerprint density at radius 3 is 2.76 bits per heavy atom. The highest BCUT2D eigenvalue weighted by molar-refractivity contribution is 5.92. The van der Waals surface area contributed by atoms with Crippen LogP contribution in [0.5, 0.6) is 5.75 Å². The number of alkyl halides is 2. The molecule has 0 fully saturated rings. The Hall–Kier alpha value is -1.95. The fourth-order valence-electron chi connectivity index (χ4n) is 1.65. The van der Waals surface area contributed by atoms with Gasteiger partial charge in [-0.3, -0.25) is 4.79 Å². The first kappa shape index (κ1) is 17.1. The maximum atomic E-state index is 12.2. The average Bonchev–Trinajstić information content (AvgIpc) is 2.42. The molecule has 6 heteroatoms. The minimum Gasteiger partial charge on any atom is -0.434 e. The predicted molar refractivity (Wildman–Crippen MR) is 78.3 cm³/mol. The van der Waals surface area contributed by atoms with Gasteiger partial charge < -0.3 is 15.0 Å². The fraction of sp³-hybridized carbons (Fsp3) is 0.400.